The summed E-state index contributed by atoms with van der Waals surface area (Å²) in [5.74, 6) is 0. The molecule has 1 unspecified atom stereocenters. The fraction of sp³-hybridized carbons (Fsp3) is 0.625. The van der Waals surface area contributed by atoms with Crippen LogP contribution in [0.15, 0.2) is 24.3 Å². The summed E-state index contributed by atoms with van der Waals surface area (Å²) in [6.45, 7) is 6.18. The van der Waals surface area contributed by atoms with Crippen molar-refractivity contribution in [1.82, 2.24) is 5.32 Å². The fourth-order valence-electron chi connectivity index (χ4n) is 2.56. The highest BCUT2D eigenvalue weighted by Crippen LogP contribution is 2.27. The van der Waals surface area contributed by atoms with Gasteiger partial charge in [-0.15, -0.1) is 0 Å². The van der Waals surface area contributed by atoms with Gasteiger partial charge in [-0.1, -0.05) is 49.6 Å². The average Bonchev–Trinajstić information content (AvgIpc) is 2.88. The number of nitrogens with one attached hydrogen (secondary N) is 1. The van der Waals surface area contributed by atoms with Gasteiger partial charge in [0.05, 0.1) is 12.2 Å². The maximum absolute atomic E-state index is 6.28. The summed E-state index contributed by atoms with van der Waals surface area (Å²) in [6.07, 6.45) is 5.78. The zero-order valence-corrected chi connectivity index (χ0v) is 11.6. The van der Waals surface area contributed by atoms with Crippen molar-refractivity contribution in [3.63, 3.8) is 0 Å². The molecule has 1 atom stereocenters. The van der Waals surface area contributed by atoms with Gasteiger partial charge >= 0.3 is 0 Å². The normalized spacial score (nSPS) is 18.1. The van der Waals surface area contributed by atoms with Crippen LogP contribution in [-0.2, 0) is 4.74 Å². The summed E-state index contributed by atoms with van der Waals surface area (Å²) in [4.78, 5) is 0. The van der Waals surface area contributed by atoms with Gasteiger partial charge in [0.25, 0.3) is 0 Å². The maximum atomic E-state index is 6.28. The van der Waals surface area contributed by atoms with E-state index in [9.17, 15) is 0 Å². The first-order valence-electron chi connectivity index (χ1n) is 7.22. The highest BCUT2D eigenvalue weighted by atomic mass is 16.5. The highest BCUT2D eigenvalue weighted by molar-refractivity contribution is 5.23. The standard InChI is InChI=1S/C16H25NO/c1-3-17-12-16(18-15-6-4-5-7-15)14-10-8-13(2)9-11-14/h8-11,15-17H,3-7,12H2,1-2H3. The molecule has 0 bridgehead atoms. The molecule has 1 N–H and O–H groups in total. The van der Waals surface area contributed by atoms with E-state index in [0.717, 1.165) is 13.1 Å². The first kappa shape index (κ1) is 13.6. The Morgan fingerprint density at radius 2 is 1.89 bits per heavy atom. The first-order chi connectivity index (χ1) is 8.79. The largest absolute Gasteiger partial charge is 0.369 e. The zero-order chi connectivity index (χ0) is 12.8. The Labute approximate surface area is 111 Å². The Balaban J connectivity index is 2.00. The van der Waals surface area contributed by atoms with Crippen LogP contribution < -0.4 is 5.32 Å². The summed E-state index contributed by atoms with van der Waals surface area (Å²) in [7, 11) is 0. The number of aryl methyl sites for hydroxylation is 1. The summed E-state index contributed by atoms with van der Waals surface area (Å²) in [6, 6.07) is 8.75. The molecule has 1 aromatic carbocycles. The molecule has 18 heavy (non-hydrogen) atoms. The third-order valence-electron chi connectivity index (χ3n) is 3.69. The van der Waals surface area contributed by atoms with Crippen molar-refractivity contribution in [2.75, 3.05) is 13.1 Å². The zero-order valence-electron chi connectivity index (χ0n) is 11.6. The Hall–Kier alpha value is -0.860. The lowest BCUT2D eigenvalue weighted by molar-refractivity contribution is -0.00849. The van der Waals surface area contributed by atoms with Gasteiger partial charge in [0.1, 0.15) is 0 Å². The molecule has 100 valence electrons. The molecule has 0 heterocycles. The molecule has 2 nitrogen and oxygen atoms in total. The number of ether oxygens (including phenoxy) is 1. The number of rotatable bonds is 6. The third-order valence-corrected chi connectivity index (χ3v) is 3.69. The molecular formula is C16H25NO. The summed E-state index contributed by atoms with van der Waals surface area (Å²) < 4.78 is 6.28. The second-order valence-corrected chi connectivity index (χ2v) is 5.25. The van der Waals surface area contributed by atoms with Crippen LogP contribution in [0.2, 0.25) is 0 Å². The summed E-state index contributed by atoms with van der Waals surface area (Å²) in [5.41, 5.74) is 2.61. The number of hydrogen-bond donors (Lipinski definition) is 1. The molecule has 1 fully saturated rings. The van der Waals surface area contributed by atoms with Crippen molar-refractivity contribution >= 4 is 0 Å². The van der Waals surface area contributed by atoms with Gasteiger partial charge < -0.3 is 10.1 Å². The van der Waals surface area contributed by atoms with Crippen LogP contribution in [-0.4, -0.2) is 19.2 Å². The van der Waals surface area contributed by atoms with Gasteiger partial charge in [-0.25, -0.2) is 0 Å². The van der Waals surface area contributed by atoms with Crippen molar-refractivity contribution in [2.45, 2.75) is 51.7 Å². The number of benzene rings is 1. The molecular weight excluding hydrogens is 222 g/mol. The second-order valence-electron chi connectivity index (χ2n) is 5.25. The van der Waals surface area contributed by atoms with Crippen LogP contribution in [0.3, 0.4) is 0 Å². The van der Waals surface area contributed by atoms with Crippen LogP contribution in [0.4, 0.5) is 0 Å². The van der Waals surface area contributed by atoms with Crippen molar-refractivity contribution in [3.8, 4) is 0 Å². The Morgan fingerprint density at radius 3 is 2.50 bits per heavy atom. The molecule has 0 aliphatic heterocycles. The molecule has 1 aliphatic carbocycles. The van der Waals surface area contributed by atoms with E-state index in [1.807, 2.05) is 0 Å². The van der Waals surface area contributed by atoms with Crippen LogP contribution in [0.1, 0.15) is 49.8 Å². The first-order valence-corrected chi connectivity index (χ1v) is 7.22. The van der Waals surface area contributed by atoms with Gasteiger partial charge in [0.2, 0.25) is 0 Å². The molecule has 1 aliphatic rings. The molecule has 1 saturated carbocycles. The monoisotopic (exact) mass is 247 g/mol. The topological polar surface area (TPSA) is 21.3 Å². The SMILES string of the molecule is CCNCC(OC1CCCC1)c1ccc(C)cc1. The van der Waals surface area contributed by atoms with Gasteiger partial charge in [-0.3, -0.25) is 0 Å². The van der Waals surface area contributed by atoms with E-state index in [4.69, 9.17) is 4.74 Å². The van der Waals surface area contributed by atoms with Crippen molar-refractivity contribution < 1.29 is 4.74 Å². The lowest BCUT2D eigenvalue weighted by atomic mass is 10.1. The molecule has 0 saturated heterocycles. The second kappa shape index (κ2) is 6.91. The molecule has 1 aromatic rings. The van der Waals surface area contributed by atoms with E-state index in [2.05, 4.69) is 43.4 Å². The van der Waals surface area contributed by atoms with Crippen molar-refractivity contribution in [1.29, 1.82) is 0 Å². The highest BCUT2D eigenvalue weighted by Gasteiger charge is 2.21. The Morgan fingerprint density at radius 1 is 1.22 bits per heavy atom. The van der Waals surface area contributed by atoms with Gasteiger partial charge in [-0.2, -0.15) is 0 Å². The van der Waals surface area contributed by atoms with Crippen LogP contribution in [0.5, 0.6) is 0 Å². The number of hydrogen-bond acceptors (Lipinski definition) is 2. The van der Waals surface area contributed by atoms with E-state index in [-0.39, 0.29) is 6.10 Å². The minimum Gasteiger partial charge on any atom is -0.369 e. The number of likely N-dealkylation sites (N-methyl/N-ethyl adjacent to an activating group) is 1. The van der Waals surface area contributed by atoms with E-state index in [0.29, 0.717) is 6.10 Å². The quantitative estimate of drug-likeness (QED) is 0.829. The molecule has 0 radical (unpaired) electrons. The average molecular weight is 247 g/mol. The third kappa shape index (κ3) is 3.82. The van der Waals surface area contributed by atoms with Gasteiger partial charge in [0, 0.05) is 6.54 Å². The molecule has 2 heteroatoms. The summed E-state index contributed by atoms with van der Waals surface area (Å²) in [5, 5.41) is 3.41. The van der Waals surface area contributed by atoms with Crippen molar-refractivity contribution in [2.24, 2.45) is 0 Å². The Bertz CT molecular complexity index is 341. The summed E-state index contributed by atoms with van der Waals surface area (Å²) >= 11 is 0. The lowest BCUT2D eigenvalue weighted by Gasteiger charge is -2.23. The van der Waals surface area contributed by atoms with Crippen LogP contribution >= 0.6 is 0 Å². The fourth-order valence-corrected chi connectivity index (χ4v) is 2.56. The minimum absolute atomic E-state index is 0.202. The van der Waals surface area contributed by atoms with Crippen LogP contribution in [0.25, 0.3) is 0 Å². The minimum atomic E-state index is 0.202. The lowest BCUT2D eigenvalue weighted by Crippen LogP contribution is -2.25. The molecule has 2 rings (SSSR count). The molecule has 0 amide bonds. The predicted molar refractivity (Wildman–Crippen MR) is 75.8 cm³/mol. The van der Waals surface area contributed by atoms with Crippen molar-refractivity contribution in [3.05, 3.63) is 35.4 Å². The van der Waals surface area contributed by atoms with E-state index in [1.54, 1.807) is 0 Å². The Kier molecular flexibility index (Phi) is 5.21. The van der Waals surface area contributed by atoms with Gasteiger partial charge in [0.15, 0.2) is 0 Å². The van der Waals surface area contributed by atoms with Crippen LogP contribution in [0, 0.1) is 6.92 Å². The molecule has 0 aromatic heterocycles. The maximum Gasteiger partial charge on any atom is 0.0952 e. The predicted octanol–water partition coefficient (Wildman–Crippen LogP) is 3.60. The van der Waals surface area contributed by atoms with E-state index in [1.165, 1.54) is 36.8 Å². The van der Waals surface area contributed by atoms with E-state index < -0.39 is 0 Å². The molecule has 0 spiro atoms. The van der Waals surface area contributed by atoms with Gasteiger partial charge in [-0.05, 0) is 31.9 Å². The smallest absolute Gasteiger partial charge is 0.0952 e. The van der Waals surface area contributed by atoms with E-state index >= 15 is 0 Å².